The second-order valence-corrected chi connectivity index (χ2v) is 14.4. The maximum atomic E-state index is 13.9. The average molecular weight is 665 g/mol. The van der Waals surface area contributed by atoms with Gasteiger partial charge < -0.3 is 25.6 Å². The van der Waals surface area contributed by atoms with Gasteiger partial charge in [-0.15, -0.1) is 11.8 Å². The Kier molecular flexibility index (Phi) is 12.4. The molecule has 4 atom stereocenters. The zero-order valence-electron chi connectivity index (χ0n) is 27.1. The van der Waals surface area contributed by atoms with E-state index in [1.54, 1.807) is 11.8 Å². The summed E-state index contributed by atoms with van der Waals surface area (Å²) < 4.78 is 5.85. The topological polar surface area (TPSA) is 117 Å². The summed E-state index contributed by atoms with van der Waals surface area (Å²) in [6.45, 7) is 7.27. The molecular formula is C35H44N4O5S2. The SMILES string of the molecule is CSC[C@H](NC(=O)COc1cccc2ccccc12)C(=O)N[C@@H](Cc1ccccc1)[C@H](C)C(=O)N1CSC[C@H]1C(=O)NC(C)(C)C. The van der Waals surface area contributed by atoms with Crippen molar-refractivity contribution in [3.05, 3.63) is 78.4 Å². The van der Waals surface area contributed by atoms with Gasteiger partial charge in [-0.3, -0.25) is 19.2 Å². The van der Waals surface area contributed by atoms with Crippen LogP contribution in [0.5, 0.6) is 5.75 Å². The van der Waals surface area contributed by atoms with Crippen molar-refractivity contribution in [3.63, 3.8) is 0 Å². The Morgan fingerprint density at radius 2 is 1.67 bits per heavy atom. The number of amides is 4. The smallest absolute Gasteiger partial charge is 0.258 e. The van der Waals surface area contributed by atoms with Crippen LogP contribution in [0.15, 0.2) is 72.8 Å². The standard InChI is InChI=1S/C35H44N4O5S2/c1-23(34(43)39-22-46-21-29(39)33(42)38-35(2,3)4)27(18-24-12-7-6-8-13-24)37-32(41)28(20-45-5)36-31(40)19-44-30-17-11-15-25-14-9-10-16-26(25)30/h6-17,23,27-29H,18-22H2,1-5H3,(H,36,40)(H,37,41)(H,38,42)/t23-,27-,28-,29-/m0/s1. The van der Waals surface area contributed by atoms with Crippen LogP contribution < -0.4 is 20.7 Å². The lowest BCUT2D eigenvalue weighted by Crippen LogP contribution is -2.57. The van der Waals surface area contributed by atoms with Gasteiger partial charge in [0.05, 0.1) is 11.8 Å². The predicted octanol–water partition coefficient (Wildman–Crippen LogP) is 4.25. The Hall–Kier alpha value is -3.70. The van der Waals surface area contributed by atoms with E-state index < -0.39 is 35.5 Å². The summed E-state index contributed by atoms with van der Waals surface area (Å²) in [6, 6.07) is 21.1. The van der Waals surface area contributed by atoms with Gasteiger partial charge in [0.1, 0.15) is 17.8 Å². The summed E-state index contributed by atoms with van der Waals surface area (Å²) in [7, 11) is 0. The molecular weight excluding hydrogens is 621 g/mol. The summed E-state index contributed by atoms with van der Waals surface area (Å²) in [5, 5.41) is 10.8. The minimum atomic E-state index is -0.841. The first-order valence-electron chi connectivity index (χ1n) is 15.4. The number of carbonyl (C=O) groups is 4. The minimum Gasteiger partial charge on any atom is -0.483 e. The molecule has 0 aliphatic carbocycles. The molecule has 9 nitrogen and oxygen atoms in total. The van der Waals surface area contributed by atoms with Crippen molar-refractivity contribution >= 4 is 57.9 Å². The Morgan fingerprint density at radius 1 is 0.978 bits per heavy atom. The number of fused-ring (bicyclic) bond motifs is 1. The Labute approximate surface area is 280 Å². The van der Waals surface area contributed by atoms with Crippen molar-refractivity contribution in [2.45, 2.75) is 57.8 Å². The molecule has 3 N–H and O–H groups in total. The van der Waals surface area contributed by atoms with Crippen LogP contribution in [-0.2, 0) is 25.6 Å². The number of nitrogens with zero attached hydrogens (tertiary/aromatic N) is 1. The van der Waals surface area contributed by atoms with Crippen LogP contribution in [-0.4, -0.2) is 82.4 Å². The highest BCUT2D eigenvalue weighted by Gasteiger charge is 2.40. The molecule has 4 amide bonds. The van der Waals surface area contributed by atoms with E-state index >= 15 is 0 Å². The molecule has 0 spiro atoms. The maximum Gasteiger partial charge on any atom is 0.258 e. The molecule has 0 radical (unpaired) electrons. The molecule has 3 aromatic carbocycles. The predicted molar refractivity (Wildman–Crippen MR) is 187 cm³/mol. The number of nitrogens with one attached hydrogen (secondary N) is 3. The van der Waals surface area contributed by atoms with Crippen LogP contribution in [0.4, 0.5) is 0 Å². The Bertz CT molecular complexity index is 1510. The van der Waals surface area contributed by atoms with Gasteiger partial charge in [0.25, 0.3) is 5.91 Å². The van der Waals surface area contributed by atoms with Crippen LogP contribution >= 0.6 is 23.5 Å². The largest absolute Gasteiger partial charge is 0.483 e. The molecule has 4 rings (SSSR count). The lowest BCUT2D eigenvalue weighted by atomic mass is 9.93. The van der Waals surface area contributed by atoms with E-state index in [2.05, 4.69) is 16.0 Å². The fraction of sp³-hybridized carbons (Fsp3) is 0.429. The summed E-state index contributed by atoms with van der Waals surface area (Å²) in [5.41, 5.74) is 0.532. The van der Waals surface area contributed by atoms with Crippen molar-refractivity contribution in [2.75, 3.05) is 30.2 Å². The van der Waals surface area contributed by atoms with Crippen LogP contribution in [0.2, 0.25) is 0 Å². The van der Waals surface area contributed by atoms with Crippen molar-refractivity contribution < 1.29 is 23.9 Å². The molecule has 0 aromatic heterocycles. The quantitative estimate of drug-likeness (QED) is 0.250. The van der Waals surface area contributed by atoms with E-state index in [0.717, 1.165) is 16.3 Å². The number of hydrogen-bond donors (Lipinski definition) is 3. The van der Waals surface area contributed by atoms with E-state index in [9.17, 15) is 19.2 Å². The van der Waals surface area contributed by atoms with Crippen LogP contribution in [0.1, 0.15) is 33.3 Å². The summed E-state index contributed by atoms with van der Waals surface area (Å²) in [5.74, 6) is 0.0163. The maximum absolute atomic E-state index is 13.9. The average Bonchev–Trinajstić information content (AvgIpc) is 3.53. The molecule has 246 valence electrons. The number of carbonyl (C=O) groups excluding carboxylic acids is 4. The molecule has 1 heterocycles. The monoisotopic (exact) mass is 664 g/mol. The molecule has 3 aromatic rings. The fourth-order valence-corrected chi connectivity index (χ4v) is 7.05. The molecule has 46 heavy (non-hydrogen) atoms. The molecule has 0 bridgehead atoms. The van der Waals surface area contributed by atoms with Gasteiger partial charge in [0, 0.05) is 28.5 Å². The first-order chi connectivity index (χ1) is 22.0. The summed E-state index contributed by atoms with van der Waals surface area (Å²) in [4.78, 5) is 55.3. The van der Waals surface area contributed by atoms with E-state index in [-0.39, 0.29) is 24.3 Å². The first kappa shape index (κ1) is 35.2. The van der Waals surface area contributed by atoms with Gasteiger partial charge in [0.15, 0.2) is 6.61 Å². The van der Waals surface area contributed by atoms with Gasteiger partial charge in [-0.25, -0.2) is 0 Å². The third-order valence-electron chi connectivity index (χ3n) is 7.68. The molecule has 1 aliphatic heterocycles. The second-order valence-electron chi connectivity index (χ2n) is 12.5. The second kappa shape index (κ2) is 16.2. The molecule has 1 fully saturated rings. The van der Waals surface area contributed by atoms with Crippen molar-refractivity contribution in [3.8, 4) is 5.75 Å². The molecule has 0 saturated carbocycles. The highest BCUT2D eigenvalue weighted by Crippen LogP contribution is 2.26. The summed E-state index contributed by atoms with van der Waals surface area (Å²) >= 11 is 2.97. The number of hydrogen-bond acceptors (Lipinski definition) is 7. The van der Waals surface area contributed by atoms with Crippen LogP contribution in [0, 0.1) is 5.92 Å². The molecule has 0 unspecified atom stereocenters. The van der Waals surface area contributed by atoms with Gasteiger partial charge >= 0.3 is 0 Å². The van der Waals surface area contributed by atoms with Gasteiger partial charge in [-0.2, -0.15) is 11.8 Å². The van der Waals surface area contributed by atoms with E-state index in [4.69, 9.17) is 4.74 Å². The van der Waals surface area contributed by atoms with Crippen molar-refractivity contribution in [1.82, 2.24) is 20.9 Å². The van der Waals surface area contributed by atoms with E-state index in [1.165, 1.54) is 23.5 Å². The third kappa shape index (κ3) is 9.65. The minimum absolute atomic E-state index is 0.185. The van der Waals surface area contributed by atoms with Gasteiger partial charge in [-0.05, 0) is 50.5 Å². The number of benzene rings is 3. The van der Waals surface area contributed by atoms with Crippen LogP contribution in [0.3, 0.4) is 0 Å². The normalized spacial score (nSPS) is 16.7. The third-order valence-corrected chi connectivity index (χ3v) is 9.36. The molecule has 1 saturated heterocycles. The lowest BCUT2D eigenvalue weighted by Gasteiger charge is -2.32. The molecule has 11 heteroatoms. The van der Waals surface area contributed by atoms with E-state index in [0.29, 0.717) is 29.6 Å². The number of thioether (sulfide) groups is 2. The first-order valence-corrected chi connectivity index (χ1v) is 17.9. The summed E-state index contributed by atoms with van der Waals surface area (Å²) in [6.07, 6.45) is 2.27. The number of rotatable bonds is 13. The number of ether oxygens (including phenoxy) is 1. The lowest BCUT2D eigenvalue weighted by molar-refractivity contribution is -0.142. The molecule has 1 aliphatic rings. The van der Waals surface area contributed by atoms with Gasteiger partial charge in [0.2, 0.25) is 17.7 Å². The Morgan fingerprint density at radius 3 is 2.39 bits per heavy atom. The zero-order valence-corrected chi connectivity index (χ0v) is 28.7. The van der Waals surface area contributed by atoms with Crippen LogP contribution in [0.25, 0.3) is 10.8 Å². The van der Waals surface area contributed by atoms with E-state index in [1.807, 2.05) is 99.8 Å². The fourth-order valence-electron chi connectivity index (χ4n) is 5.32. The highest BCUT2D eigenvalue weighted by atomic mass is 32.2. The van der Waals surface area contributed by atoms with Gasteiger partial charge in [-0.1, -0.05) is 73.7 Å². The van der Waals surface area contributed by atoms with Crippen molar-refractivity contribution in [2.24, 2.45) is 5.92 Å². The highest BCUT2D eigenvalue weighted by molar-refractivity contribution is 7.99. The zero-order chi connectivity index (χ0) is 33.3. The van der Waals surface area contributed by atoms with Crippen molar-refractivity contribution in [1.29, 1.82) is 0 Å². The Balaban J connectivity index is 1.46.